The number of hydrogen-bond acceptors (Lipinski definition) is 2. The van der Waals surface area contributed by atoms with Crippen LogP contribution in [0.2, 0.25) is 0 Å². The number of aliphatic hydroxyl groups excluding tert-OH is 1. The normalized spacial score (nSPS) is 16.8. The summed E-state index contributed by atoms with van der Waals surface area (Å²) in [7, 11) is 0. The van der Waals surface area contributed by atoms with E-state index in [1.54, 1.807) is 30.7 Å². The van der Waals surface area contributed by atoms with E-state index < -0.39 is 6.10 Å². The maximum Gasteiger partial charge on any atom is 0.126 e. The van der Waals surface area contributed by atoms with E-state index >= 15 is 0 Å². The van der Waals surface area contributed by atoms with Gasteiger partial charge < -0.3 is 9.67 Å². The van der Waals surface area contributed by atoms with Crippen LogP contribution in [-0.4, -0.2) is 14.7 Å². The van der Waals surface area contributed by atoms with Crippen molar-refractivity contribution in [3.05, 3.63) is 53.9 Å². The van der Waals surface area contributed by atoms with Crippen LogP contribution in [0.15, 0.2) is 36.8 Å². The van der Waals surface area contributed by atoms with Gasteiger partial charge in [-0.15, -0.1) is 0 Å². The molecule has 0 spiro atoms. The summed E-state index contributed by atoms with van der Waals surface area (Å²) >= 11 is 0. The van der Waals surface area contributed by atoms with E-state index in [1.807, 2.05) is 4.57 Å². The molecule has 18 heavy (non-hydrogen) atoms. The van der Waals surface area contributed by atoms with E-state index in [0.717, 1.165) is 18.5 Å². The van der Waals surface area contributed by atoms with E-state index in [2.05, 4.69) is 4.98 Å². The van der Waals surface area contributed by atoms with Gasteiger partial charge in [-0.1, -0.05) is 18.2 Å². The molecule has 0 radical (unpaired) electrons. The summed E-state index contributed by atoms with van der Waals surface area (Å²) < 4.78 is 15.5. The van der Waals surface area contributed by atoms with Crippen molar-refractivity contribution in [3.63, 3.8) is 0 Å². The van der Waals surface area contributed by atoms with Gasteiger partial charge in [-0.05, 0) is 24.5 Å². The minimum absolute atomic E-state index is 0.269. The lowest BCUT2D eigenvalue weighted by Gasteiger charge is -2.13. The van der Waals surface area contributed by atoms with E-state index in [0.29, 0.717) is 11.6 Å². The van der Waals surface area contributed by atoms with Crippen LogP contribution in [-0.2, 0) is 6.42 Å². The number of imidazole rings is 1. The molecule has 1 aromatic heterocycles. The van der Waals surface area contributed by atoms with Crippen molar-refractivity contribution in [3.8, 4) is 0 Å². The van der Waals surface area contributed by atoms with Crippen LogP contribution in [0.5, 0.6) is 0 Å². The molecule has 2 aromatic rings. The van der Waals surface area contributed by atoms with Gasteiger partial charge in [0.15, 0.2) is 0 Å². The molecule has 94 valence electrons. The van der Waals surface area contributed by atoms with Gasteiger partial charge in [-0.2, -0.15) is 0 Å². The fraction of sp³-hybridized carbons (Fsp3) is 0.357. The molecule has 3 rings (SSSR count). The molecule has 3 nitrogen and oxygen atoms in total. The molecule has 4 heteroatoms. The number of hydrogen-bond donors (Lipinski definition) is 1. The minimum atomic E-state index is -0.704. The van der Waals surface area contributed by atoms with Gasteiger partial charge in [0.2, 0.25) is 0 Å². The average molecular weight is 246 g/mol. The third-order valence-electron chi connectivity index (χ3n) is 3.35. The second kappa shape index (κ2) is 4.53. The zero-order chi connectivity index (χ0) is 12.5. The number of benzene rings is 1. The highest BCUT2D eigenvalue weighted by Crippen LogP contribution is 2.37. The molecular weight excluding hydrogens is 231 g/mol. The Bertz CT molecular complexity index is 548. The Labute approximate surface area is 105 Å². The molecule has 1 heterocycles. The number of nitrogens with zero attached hydrogens (tertiary/aromatic N) is 2. The first kappa shape index (κ1) is 11.4. The number of aliphatic hydroxyl groups is 1. The highest BCUT2D eigenvalue weighted by atomic mass is 19.1. The van der Waals surface area contributed by atoms with Gasteiger partial charge in [0.25, 0.3) is 0 Å². The van der Waals surface area contributed by atoms with Crippen LogP contribution in [0.3, 0.4) is 0 Å². The second-order valence-electron chi connectivity index (χ2n) is 4.77. The predicted octanol–water partition coefficient (Wildman–Crippen LogP) is 2.63. The molecule has 0 saturated heterocycles. The van der Waals surface area contributed by atoms with E-state index in [1.165, 1.54) is 6.07 Å². The molecule has 1 atom stereocenters. The lowest BCUT2D eigenvalue weighted by molar-refractivity contribution is 0.167. The monoisotopic (exact) mass is 246 g/mol. The summed E-state index contributed by atoms with van der Waals surface area (Å²) in [5, 5.41) is 10.2. The zero-order valence-corrected chi connectivity index (χ0v) is 9.96. The van der Waals surface area contributed by atoms with Gasteiger partial charge in [0.1, 0.15) is 5.82 Å². The fourth-order valence-electron chi connectivity index (χ4n) is 2.21. The molecule has 0 aliphatic heterocycles. The third-order valence-corrected chi connectivity index (χ3v) is 3.35. The molecule has 1 saturated carbocycles. The van der Waals surface area contributed by atoms with Crippen molar-refractivity contribution in [2.45, 2.75) is 31.4 Å². The fourth-order valence-corrected chi connectivity index (χ4v) is 2.21. The Balaban J connectivity index is 1.80. The molecule has 1 unspecified atom stereocenters. The number of rotatable bonds is 4. The van der Waals surface area contributed by atoms with Crippen molar-refractivity contribution in [1.82, 2.24) is 9.55 Å². The van der Waals surface area contributed by atoms with Crippen LogP contribution in [0.4, 0.5) is 4.39 Å². The zero-order valence-electron chi connectivity index (χ0n) is 9.96. The summed E-state index contributed by atoms with van der Waals surface area (Å²) in [6, 6.07) is 7.03. The molecular formula is C14H15FN2O. The first-order valence-corrected chi connectivity index (χ1v) is 6.19. The first-order chi connectivity index (χ1) is 8.75. The van der Waals surface area contributed by atoms with Gasteiger partial charge in [-0.25, -0.2) is 9.37 Å². The van der Waals surface area contributed by atoms with Crippen LogP contribution in [0.25, 0.3) is 0 Å². The van der Waals surface area contributed by atoms with Gasteiger partial charge >= 0.3 is 0 Å². The van der Waals surface area contributed by atoms with Crippen LogP contribution >= 0.6 is 0 Å². The van der Waals surface area contributed by atoms with E-state index in [4.69, 9.17) is 0 Å². The van der Waals surface area contributed by atoms with Crippen molar-refractivity contribution < 1.29 is 9.50 Å². The van der Waals surface area contributed by atoms with Gasteiger partial charge in [0.05, 0.1) is 24.3 Å². The summed E-state index contributed by atoms with van der Waals surface area (Å²) in [6.07, 6.45) is 5.27. The van der Waals surface area contributed by atoms with Gasteiger partial charge in [0, 0.05) is 12.5 Å². The van der Waals surface area contributed by atoms with E-state index in [9.17, 15) is 9.50 Å². The maximum atomic E-state index is 13.5. The van der Waals surface area contributed by atoms with Gasteiger partial charge in [-0.3, -0.25) is 0 Å². The summed E-state index contributed by atoms with van der Waals surface area (Å²) in [4.78, 5) is 4.08. The predicted molar refractivity (Wildman–Crippen MR) is 65.6 cm³/mol. The standard InChI is InChI=1S/C14H15FN2O/c15-12-4-2-1-3-10(12)7-14(18)13-8-16-9-17(13)11-5-6-11/h1-4,8-9,11,14,18H,5-7H2. The number of halogens is 1. The molecule has 1 aliphatic carbocycles. The Morgan fingerprint density at radius 1 is 1.39 bits per heavy atom. The van der Waals surface area contributed by atoms with Crippen molar-refractivity contribution in [2.75, 3.05) is 0 Å². The summed E-state index contributed by atoms with van der Waals surface area (Å²) in [5.41, 5.74) is 1.31. The Morgan fingerprint density at radius 2 is 2.17 bits per heavy atom. The quantitative estimate of drug-likeness (QED) is 0.900. The maximum absolute atomic E-state index is 13.5. The molecule has 1 N–H and O–H groups in total. The Hall–Kier alpha value is -1.68. The lowest BCUT2D eigenvalue weighted by Crippen LogP contribution is -2.09. The SMILES string of the molecule is OC(Cc1ccccc1F)c1cncn1C1CC1. The van der Waals surface area contributed by atoms with E-state index in [-0.39, 0.29) is 12.2 Å². The summed E-state index contributed by atoms with van der Waals surface area (Å²) in [5.74, 6) is -0.269. The van der Waals surface area contributed by atoms with Crippen molar-refractivity contribution in [1.29, 1.82) is 0 Å². The highest BCUT2D eigenvalue weighted by molar-refractivity contribution is 5.20. The third kappa shape index (κ3) is 2.16. The first-order valence-electron chi connectivity index (χ1n) is 6.19. The highest BCUT2D eigenvalue weighted by Gasteiger charge is 2.27. The van der Waals surface area contributed by atoms with Crippen LogP contribution < -0.4 is 0 Å². The topological polar surface area (TPSA) is 38.1 Å². The molecule has 1 aromatic carbocycles. The Morgan fingerprint density at radius 3 is 2.89 bits per heavy atom. The molecule has 1 aliphatic rings. The second-order valence-corrected chi connectivity index (χ2v) is 4.77. The van der Waals surface area contributed by atoms with Crippen molar-refractivity contribution in [2.24, 2.45) is 0 Å². The largest absolute Gasteiger partial charge is 0.386 e. The molecule has 0 amide bonds. The molecule has 0 bridgehead atoms. The van der Waals surface area contributed by atoms with Crippen LogP contribution in [0.1, 0.15) is 36.2 Å². The van der Waals surface area contributed by atoms with Crippen LogP contribution in [0, 0.1) is 5.82 Å². The molecule has 1 fully saturated rings. The number of aromatic nitrogens is 2. The summed E-state index contributed by atoms with van der Waals surface area (Å²) in [6.45, 7) is 0. The average Bonchev–Trinajstić information content (AvgIpc) is 3.09. The lowest BCUT2D eigenvalue weighted by atomic mass is 10.1. The minimum Gasteiger partial charge on any atom is -0.386 e. The Kier molecular flexibility index (Phi) is 2.88. The smallest absolute Gasteiger partial charge is 0.126 e. The van der Waals surface area contributed by atoms with Crippen molar-refractivity contribution >= 4 is 0 Å².